The smallest absolute Gasteiger partial charge is 0.341 e. The second kappa shape index (κ2) is 6.33. The summed E-state index contributed by atoms with van der Waals surface area (Å²) in [6.45, 7) is 4.14. The molecule has 0 amide bonds. The topological polar surface area (TPSA) is 52.3 Å². The van der Waals surface area contributed by atoms with Crippen molar-refractivity contribution in [2.45, 2.75) is 26.7 Å². The summed E-state index contributed by atoms with van der Waals surface area (Å²) in [6, 6.07) is 1.54. The third-order valence-electron chi connectivity index (χ3n) is 2.59. The fourth-order valence-electron chi connectivity index (χ4n) is 1.59. The van der Waals surface area contributed by atoms with E-state index in [2.05, 4.69) is 0 Å². The van der Waals surface area contributed by atoms with Gasteiger partial charge in [0.2, 0.25) is 0 Å². The zero-order valence-electron chi connectivity index (χ0n) is 10.5. The molecule has 0 fully saturated rings. The van der Waals surface area contributed by atoms with Crippen molar-refractivity contribution in [3.63, 3.8) is 0 Å². The van der Waals surface area contributed by atoms with E-state index in [1.165, 1.54) is 0 Å². The van der Waals surface area contributed by atoms with Gasteiger partial charge in [-0.25, -0.2) is 13.6 Å². The largest absolute Gasteiger partial charge is 0.462 e. The Hall–Kier alpha value is -1.65. The molecule has 100 valence electrons. The summed E-state index contributed by atoms with van der Waals surface area (Å²) in [5.74, 6) is -2.37. The number of ether oxygens (including phenoxy) is 1. The van der Waals surface area contributed by atoms with Crippen LogP contribution in [0.15, 0.2) is 12.1 Å². The van der Waals surface area contributed by atoms with Crippen LogP contribution in [0, 0.1) is 17.6 Å². The molecule has 1 atom stereocenters. The van der Waals surface area contributed by atoms with E-state index in [0.29, 0.717) is 0 Å². The van der Waals surface area contributed by atoms with Crippen LogP contribution < -0.4 is 5.73 Å². The normalized spacial score (nSPS) is 12.2. The van der Waals surface area contributed by atoms with Crippen LogP contribution in [0.4, 0.5) is 14.5 Å². The SMILES string of the molecule is CCCC(C)COC(=O)c1cc(F)c(N)cc1F. The van der Waals surface area contributed by atoms with Gasteiger partial charge in [-0.3, -0.25) is 0 Å². The van der Waals surface area contributed by atoms with Gasteiger partial charge in [0.1, 0.15) is 11.6 Å². The quantitative estimate of drug-likeness (QED) is 0.651. The predicted molar refractivity (Wildman–Crippen MR) is 65.1 cm³/mol. The van der Waals surface area contributed by atoms with Crippen molar-refractivity contribution in [2.75, 3.05) is 12.3 Å². The van der Waals surface area contributed by atoms with Crippen molar-refractivity contribution in [3.05, 3.63) is 29.3 Å². The molecule has 0 aliphatic rings. The van der Waals surface area contributed by atoms with Crippen LogP contribution in [0.5, 0.6) is 0 Å². The summed E-state index contributed by atoms with van der Waals surface area (Å²) in [4.78, 5) is 11.6. The van der Waals surface area contributed by atoms with Gasteiger partial charge in [0.05, 0.1) is 17.9 Å². The third-order valence-corrected chi connectivity index (χ3v) is 2.59. The maximum absolute atomic E-state index is 13.4. The van der Waals surface area contributed by atoms with Gasteiger partial charge >= 0.3 is 5.97 Å². The third kappa shape index (κ3) is 3.68. The summed E-state index contributed by atoms with van der Waals surface area (Å²) < 4.78 is 31.5. The van der Waals surface area contributed by atoms with E-state index in [4.69, 9.17) is 10.5 Å². The van der Waals surface area contributed by atoms with E-state index in [0.717, 1.165) is 25.0 Å². The van der Waals surface area contributed by atoms with Crippen LogP contribution in [-0.4, -0.2) is 12.6 Å². The Bertz CT molecular complexity index is 435. The van der Waals surface area contributed by atoms with Crippen LogP contribution in [0.1, 0.15) is 37.0 Å². The molecule has 2 N–H and O–H groups in total. The minimum atomic E-state index is -0.873. The summed E-state index contributed by atoms with van der Waals surface area (Å²) in [6.07, 6.45) is 1.88. The summed E-state index contributed by atoms with van der Waals surface area (Å²) in [5, 5.41) is 0. The van der Waals surface area contributed by atoms with Gasteiger partial charge in [0.15, 0.2) is 0 Å². The second-order valence-electron chi connectivity index (χ2n) is 4.35. The molecule has 0 aliphatic carbocycles. The second-order valence-corrected chi connectivity index (χ2v) is 4.35. The zero-order valence-corrected chi connectivity index (χ0v) is 10.5. The minimum Gasteiger partial charge on any atom is -0.462 e. The lowest BCUT2D eigenvalue weighted by molar-refractivity contribution is 0.0438. The minimum absolute atomic E-state index is 0.193. The molecule has 0 saturated heterocycles. The van der Waals surface area contributed by atoms with Crippen LogP contribution in [0.25, 0.3) is 0 Å². The molecule has 0 saturated carbocycles. The number of carbonyl (C=O) groups is 1. The van der Waals surface area contributed by atoms with Crippen molar-refractivity contribution in [1.29, 1.82) is 0 Å². The van der Waals surface area contributed by atoms with Crippen molar-refractivity contribution < 1.29 is 18.3 Å². The van der Waals surface area contributed by atoms with Crippen LogP contribution >= 0.6 is 0 Å². The number of nitrogen functional groups attached to an aromatic ring is 1. The molecule has 0 aliphatic heterocycles. The molecule has 0 spiro atoms. The highest BCUT2D eigenvalue weighted by Gasteiger charge is 2.17. The molecule has 1 unspecified atom stereocenters. The van der Waals surface area contributed by atoms with Gasteiger partial charge in [-0.05, 0) is 18.4 Å². The maximum atomic E-state index is 13.4. The molecule has 18 heavy (non-hydrogen) atoms. The van der Waals surface area contributed by atoms with E-state index in [1.807, 2.05) is 13.8 Å². The van der Waals surface area contributed by atoms with Crippen LogP contribution in [0.3, 0.4) is 0 Å². The number of benzene rings is 1. The molecular formula is C13H17F2NO2. The van der Waals surface area contributed by atoms with E-state index in [9.17, 15) is 13.6 Å². The number of esters is 1. The average molecular weight is 257 g/mol. The molecule has 0 bridgehead atoms. The fraction of sp³-hybridized carbons (Fsp3) is 0.462. The van der Waals surface area contributed by atoms with Gasteiger partial charge in [-0.2, -0.15) is 0 Å². The van der Waals surface area contributed by atoms with Gasteiger partial charge in [-0.15, -0.1) is 0 Å². The average Bonchev–Trinajstić information content (AvgIpc) is 2.31. The lowest BCUT2D eigenvalue weighted by Gasteiger charge is -2.11. The Morgan fingerprint density at radius 2 is 2.06 bits per heavy atom. The van der Waals surface area contributed by atoms with Gasteiger partial charge in [-0.1, -0.05) is 20.3 Å². The Morgan fingerprint density at radius 3 is 2.67 bits per heavy atom. The van der Waals surface area contributed by atoms with Crippen LogP contribution in [0.2, 0.25) is 0 Å². The molecule has 0 aromatic heterocycles. The van der Waals surface area contributed by atoms with Gasteiger partial charge in [0.25, 0.3) is 0 Å². The van der Waals surface area contributed by atoms with Crippen LogP contribution in [-0.2, 0) is 4.74 Å². The Balaban J connectivity index is 2.70. The standard InChI is InChI=1S/C13H17F2NO2/c1-3-4-8(2)7-18-13(17)9-5-11(15)12(16)6-10(9)14/h5-6,8H,3-4,7,16H2,1-2H3. The molecule has 3 nitrogen and oxygen atoms in total. The number of rotatable bonds is 5. The number of hydrogen-bond acceptors (Lipinski definition) is 3. The number of nitrogens with two attached hydrogens (primary N) is 1. The molecule has 5 heteroatoms. The van der Waals surface area contributed by atoms with Crippen molar-refractivity contribution in [2.24, 2.45) is 5.92 Å². The Morgan fingerprint density at radius 1 is 1.39 bits per heavy atom. The van der Waals surface area contributed by atoms with E-state index < -0.39 is 23.2 Å². The number of carbonyl (C=O) groups excluding carboxylic acids is 1. The lowest BCUT2D eigenvalue weighted by Crippen LogP contribution is -2.14. The molecule has 0 heterocycles. The van der Waals surface area contributed by atoms with Crippen molar-refractivity contribution >= 4 is 11.7 Å². The van der Waals surface area contributed by atoms with Gasteiger partial charge in [0, 0.05) is 6.07 Å². The Kier molecular flexibility index (Phi) is 5.07. The molecule has 1 rings (SSSR count). The highest BCUT2D eigenvalue weighted by atomic mass is 19.1. The predicted octanol–water partition coefficient (Wildman–Crippen LogP) is 3.14. The number of anilines is 1. The van der Waals surface area contributed by atoms with E-state index in [1.54, 1.807) is 0 Å². The number of hydrogen-bond donors (Lipinski definition) is 1. The highest BCUT2D eigenvalue weighted by molar-refractivity contribution is 5.90. The summed E-state index contributed by atoms with van der Waals surface area (Å²) >= 11 is 0. The zero-order chi connectivity index (χ0) is 13.7. The van der Waals surface area contributed by atoms with Crippen molar-refractivity contribution in [3.8, 4) is 0 Å². The van der Waals surface area contributed by atoms with Crippen molar-refractivity contribution in [1.82, 2.24) is 0 Å². The first-order chi connectivity index (χ1) is 8.45. The van der Waals surface area contributed by atoms with Gasteiger partial charge < -0.3 is 10.5 Å². The summed E-state index contributed by atoms with van der Waals surface area (Å²) in [7, 11) is 0. The number of halogens is 2. The summed E-state index contributed by atoms with van der Waals surface area (Å²) in [5.41, 5.74) is 4.43. The molecular weight excluding hydrogens is 240 g/mol. The lowest BCUT2D eigenvalue weighted by atomic mass is 10.1. The molecule has 1 aromatic rings. The maximum Gasteiger partial charge on any atom is 0.341 e. The molecule has 1 aromatic carbocycles. The monoisotopic (exact) mass is 257 g/mol. The molecule has 0 radical (unpaired) electrons. The highest BCUT2D eigenvalue weighted by Crippen LogP contribution is 2.18. The first-order valence-electron chi connectivity index (χ1n) is 5.87. The Labute approximate surface area is 105 Å². The van der Waals surface area contributed by atoms with E-state index >= 15 is 0 Å². The first kappa shape index (κ1) is 14.4. The fourth-order valence-corrected chi connectivity index (χ4v) is 1.59. The first-order valence-corrected chi connectivity index (χ1v) is 5.87. The van der Waals surface area contributed by atoms with E-state index in [-0.39, 0.29) is 18.2 Å².